The molecule has 0 spiro atoms. The first kappa shape index (κ1) is 15.5. The minimum atomic E-state index is -0.383. The third-order valence-corrected chi connectivity index (χ3v) is 4.27. The number of methoxy groups -OCH3 is 1. The summed E-state index contributed by atoms with van der Waals surface area (Å²) in [5.74, 6) is -0.383. The normalized spacial score (nSPS) is 12.1. The molecule has 0 bridgehead atoms. The van der Waals surface area contributed by atoms with Gasteiger partial charge in [-0.2, -0.15) is 0 Å². The molecule has 6 heteroatoms. The summed E-state index contributed by atoms with van der Waals surface area (Å²) >= 11 is 1.63. The molecule has 0 aliphatic heterocycles. The predicted octanol–water partition coefficient (Wildman–Crippen LogP) is 1.87. The molecular weight excluding hydrogens is 288 g/mol. The van der Waals surface area contributed by atoms with E-state index in [0.29, 0.717) is 6.54 Å². The standard InChI is InChI=1S/C15H18N2O3S/c1-10-6-7-13(21-10)12(20-3)9-16-14(18)11-5-4-8-17(2)15(11)19/h4-8,12H,9H2,1-3H3,(H,16,18)/t12-/m0/s1. The molecule has 2 rings (SSSR count). The van der Waals surface area contributed by atoms with E-state index in [-0.39, 0.29) is 23.1 Å². The lowest BCUT2D eigenvalue weighted by Crippen LogP contribution is -2.34. The summed E-state index contributed by atoms with van der Waals surface area (Å²) in [6, 6.07) is 7.20. The molecule has 5 nitrogen and oxygen atoms in total. The molecule has 1 atom stereocenters. The Balaban J connectivity index is 2.06. The van der Waals surface area contributed by atoms with Crippen molar-refractivity contribution in [3.63, 3.8) is 0 Å². The van der Waals surface area contributed by atoms with Crippen LogP contribution in [0.15, 0.2) is 35.3 Å². The first-order valence-corrected chi connectivity index (χ1v) is 7.37. The molecule has 21 heavy (non-hydrogen) atoms. The van der Waals surface area contributed by atoms with Gasteiger partial charge in [0.15, 0.2) is 0 Å². The molecule has 0 saturated heterocycles. The van der Waals surface area contributed by atoms with Gasteiger partial charge in [0.25, 0.3) is 11.5 Å². The van der Waals surface area contributed by atoms with E-state index in [1.165, 1.54) is 15.5 Å². The van der Waals surface area contributed by atoms with Gasteiger partial charge in [0, 0.05) is 36.7 Å². The Labute approximate surface area is 127 Å². The summed E-state index contributed by atoms with van der Waals surface area (Å²) in [4.78, 5) is 26.2. The molecular formula is C15H18N2O3S. The number of hydrogen-bond donors (Lipinski definition) is 1. The number of nitrogens with zero attached hydrogens (tertiary/aromatic N) is 1. The maximum atomic E-state index is 12.1. The van der Waals surface area contributed by atoms with Crippen molar-refractivity contribution >= 4 is 17.2 Å². The number of carbonyl (C=O) groups is 1. The quantitative estimate of drug-likeness (QED) is 0.917. The van der Waals surface area contributed by atoms with Gasteiger partial charge >= 0.3 is 0 Å². The summed E-state index contributed by atoms with van der Waals surface area (Å²) in [6.07, 6.45) is 1.41. The Morgan fingerprint density at radius 1 is 1.43 bits per heavy atom. The van der Waals surface area contributed by atoms with E-state index in [0.717, 1.165) is 4.88 Å². The number of ether oxygens (including phenoxy) is 1. The van der Waals surface area contributed by atoms with Crippen molar-refractivity contribution in [1.29, 1.82) is 0 Å². The van der Waals surface area contributed by atoms with Crippen molar-refractivity contribution < 1.29 is 9.53 Å². The molecule has 0 aromatic carbocycles. The average Bonchev–Trinajstić information content (AvgIpc) is 2.89. The van der Waals surface area contributed by atoms with Crippen LogP contribution < -0.4 is 10.9 Å². The molecule has 2 aromatic rings. The van der Waals surface area contributed by atoms with Gasteiger partial charge in [-0.25, -0.2) is 0 Å². The maximum Gasteiger partial charge on any atom is 0.263 e. The van der Waals surface area contributed by atoms with Gasteiger partial charge in [-0.05, 0) is 31.2 Å². The summed E-state index contributed by atoms with van der Waals surface area (Å²) in [7, 11) is 3.22. The van der Waals surface area contributed by atoms with Gasteiger partial charge in [0.1, 0.15) is 11.7 Å². The van der Waals surface area contributed by atoms with Crippen molar-refractivity contribution in [2.75, 3.05) is 13.7 Å². The zero-order chi connectivity index (χ0) is 15.4. The highest BCUT2D eigenvalue weighted by Gasteiger charge is 2.16. The topological polar surface area (TPSA) is 60.3 Å². The van der Waals surface area contributed by atoms with Crippen molar-refractivity contribution in [3.8, 4) is 0 Å². The average molecular weight is 306 g/mol. The SMILES string of the molecule is CO[C@@H](CNC(=O)c1cccn(C)c1=O)c1ccc(C)s1. The van der Waals surface area contributed by atoms with Crippen LogP contribution in [0.1, 0.15) is 26.2 Å². The number of amides is 1. The highest BCUT2D eigenvalue weighted by molar-refractivity contribution is 7.12. The number of aromatic nitrogens is 1. The number of carbonyl (C=O) groups excluding carboxylic acids is 1. The third kappa shape index (κ3) is 3.59. The lowest BCUT2D eigenvalue weighted by Gasteiger charge is -2.14. The van der Waals surface area contributed by atoms with Gasteiger partial charge in [-0.1, -0.05) is 0 Å². The summed E-state index contributed by atoms with van der Waals surface area (Å²) < 4.78 is 6.78. The summed E-state index contributed by atoms with van der Waals surface area (Å²) in [5.41, 5.74) is -0.173. The lowest BCUT2D eigenvalue weighted by atomic mass is 10.2. The van der Waals surface area contributed by atoms with E-state index >= 15 is 0 Å². The number of thiophene rings is 1. The van der Waals surface area contributed by atoms with Crippen LogP contribution in [0.3, 0.4) is 0 Å². The maximum absolute atomic E-state index is 12.1. The second kappa shape index (κ2) is 6.69. The van der Waals surface area contributed by atoms with Crippen molar-refractivity contribution in [2.24, 2.45) is 7.05 Å². The van der Waals surface area contributed by atoms with Gasteiger partial charge < -0.3 is 14.6 Å². The zero-order valence-electron chi connectivity index (χ0n) is 12.3. The summed E-state index contributed by atoms with van der Waals surface area (Å²) in [6.45, 7) is 2.35. The van der Waals surface area contributed by atoms with Crippen molar-refractivity contribution in [3.05, 3.63) is 56.1 Å². The molecule has 0 aliphatic carbocycles. The third-order valence-electron chi connectivity index (χ3n) is 3.18. The zero-order valence-corrected chi connectivity index (χ0v) is 13.1. The molecule has 0 saturated carbocycles. The molecule has 112 valence electrons. The van der Waals surface area contributed by atoms with Crippen LogP contribution in [0.25, 0.3) is 0 Å². The smallest absolute Gasteiger partial charge is 0.263 e. The van der Waals surface area contributed by atoms with E-state index in [4.69, 9.17) is 4.74 Å². The summed E-state index contributed by atoms with van der Waals surface area (Å²) in [5, 5.41) is 2.76. The van der Waals surface area contributed by atoms with Crippen LogP contribution in [0.2, 0.25) is 0 Å². The highest BCUT2D eigenvalue weighted by atomic mass is 32.1. The predicted molar refractivity (Wildman–Crippen MR) is 82.8 cm³/mol. The van der Waals surface area contributed by atoms with E-state index in [1.807, 2.05) is 19.1 Å². The number of nitrogens with one attached hydrogen (secondary N) is 1. The molecule has 0 unspecified atom stereocenters. The first-order chi connectivity index (χ1) is 10.0. The van der Waals surface area contributed by atoms with Crippen LogP contribution >= 0.6 is 11.3 Å². The van der Waals surface area contributed by atoms with Crippen LogP contribution in [-0.2, 0) is 11.8 Å². The Hall–Kier alpha value is -1.92. The second-order valence-electron chi connectivity index (χ2n) is 4.72. The van der Waals surface area contributed by atoms with Gasteiger partial charge in [0.2, 0.25) is 0 Å². The first-order valence-electron chi connectivity index (χ1n) is 6.56. The molecule has 1 amide bonds. The minimum Gasteiger partial charge on any atom is -0.374 e. The van der Waals surface area contributed by atoms with E-state index < -0.39 is 0 Å². The monoisotopic (exact) mass is 306 g/mol. The lowest BCUT2D eigenvalue weighted by molar-refractivity contribution is 0.0836. The van der Waals surface area contributed by atoms with Crippen LogP contribution in [-0.4, -0.2) is 24.1 Å². The number of hydrogen-bond acceptors (Lipinski definition) is 4. The van der Waals surface area contributed by atoms with Gasteiger partial charge in [-0.3, -0.25) is 9.59 Å². The minimum absolute atomic E-state index is 0.136. The highest BCUT2D eigenvalue weighted by Crippen LogP contribution is 2.24. The molecule has 0 radical (unpaired) electrons. The fourth-order valence-corrected chi connectivity index (χ4v) is 2.93. The molecule has 2 aromatic heterocycles. The fourth-order valence-electron chi connectivity index (χ4n) is 1.98. The van der Waals surface area contributed by atoms with Crippen molar-refractivity contribution in [2.45, 2.75) is 13.0 Å². The molecule has 0 aliphatic rings. The largest absolute Gasteiger partial charge is 0.374 e. The number of rotatable bonds is 5. The van der Waals surface area contributed by atoms with Gasteiger partial charge in [-0.15, -0.1) is 11.3 Å². The Kier molecular flexibility index (Phi) is 4.93. The van der Waals surface area contributed by atoms with Crippen LogP contribution in [0, 0.1) is 6.92 Å². The van der Waals surface area contributed by atoms with Gasteiger partial charge in [0.05, 0.1) is 0 Å². The molecule has 0 fully saturated rings. The Bertz CT molecular complexity index is 690. The fraction of sp³-hybridized carbons (Fsp3) is 0.333. The van der Waals surface area contributed by atoms with E-state index in [1.54, 1.807) is 37.8 Å². The Morgan fingerprint density at radius 3 is 2.81 bits per heavy atom. The van der Waals surface area contributed by atoms with Crippen LogP contribution in [0.5, 0.6) is 0 Å². The Morgan fingerprint density at radius 2 is 2.19 bits per heavy atom. The van der Waals surface area contributed by atoms with E-state index in [2.05, 4.69) is 5.32 Å². The second-order valence-corrected chi connectivity index (χ2v) is 6.04. The van der Waals surface area contributed by atoms with Crippen LogP contribution in [0.4, 0.5) is 0 Å². The molecule has 1 N–H and O–H groups in total. The number of pyridine rings is 1. The van der Waals surface area contributed by atoms with E-state index in [9.17, 15) is 9.59 Å². The van der Waals surface area contributed by atoms with Crippen molar-refractivity contribution in [1.82, 2.24) is 9.88 Å². The number of aryl methyl sites for hydroxylation is 2. The molecule has 2 heterocycles.